The number of carbonyl (C=O) groups excluding carboxylic acids is 2. The van der Waals surface area contributed by atoms with Crippen molar-refractivity contribution >= 4 is 29.4 Å². The molecule has 3 rings (SSSR count). The topological polar surface area (TPSA) is 125 Å². The second-order valence-corrected chi connectivity index (χ2v) is 9.60. The van der Waals surface area contributed by atoms with E-state index in [-0.39, 0.29) is 23.8 Å². The summed E-state index contributed by atoms with van der Waals surface area (Å²) in [6, 6.07) is 4.64. The standard InChI is InChI=1S/C26H37N7O2/c1-16(2)33-22(12-13-30-33)25(34)32-24(19-8-6-17(3)7-9-19)26(35)31-20-10-11-21(29-15-20)23(28-5)18(4)14-27/h10-17,19,24,27-28H,6-9H2,1-5H3,(H,31,35)(H,32,34)/b23-18-,27-14?/t17?,19?,24-/m0/s1. The van der Waals surface area contributed by atoms with Crippen molar-refractivity contribution in [1.29, 1.82) is 5.41 Å². The number of hydrogen-bond donors (Lipinski definition) is 4. The van der Waals surface area contributed by atoms with Gasteiger partial charge in [0.2, 0.25) is 5.91 Å². The van der Waals surface area contributed by atoms with Crippen LogP contribution < -0.4 is 16.0 Å². The summed E-state index contributed by atoms with van der Waals surface area (Å²) >= 11 is 0. The Hall–Kier alpha value is -3.49. The Balaban J connectivity index is 1.80. The number of amides is 2. The van der Waals surface area contributed by atoms with Gasteiger partial charge in [-0.1, -0.05) is 19.8 Å². The molecule has 9 nitrogen and oxygen atoms in total. The van der Waals surface area contributed by atoms with Gasteiger partial charge in [-0.05, 0) is 69.2 Å². The smallest absolute Gasteiger partial charge is 0.270 e. The zero-order chi connectivity index (χ0) is 25.5. The molecule has 0 saturated heterocycles. The summed E-state index contributed by atoms with van der Waals surface area (Å²) in [4.78, 5) is 31.0. The van der Waals surface area contributed by atoms with E-state index in [2.05, 4.69) is 33.0 Å². The van der Waals surface area contributed by atoms with Gasteiger partial charge >= 0.3 is 0 Å². The van der Waals surface area contributed by atoms with E-state index in [0.29, 0.717) is 23.0 Å². The van der Waals surface area contributed by atoms with Crippen LogP contribution in [0.3, 0.4) is 0 Å². The fourth-order valence-electron chi connectivity index (χ4n) is 4.57. The summed E-state index contributed by atoms with van der Waals surface area (Å²) in [5.74, 6) is 0.146. The zero-order valence-corrected chi connectivity index (χ0v) is 21.3. The average molecular weight is 480 g/mol. The molecule has 2 heterocycles. The quantitative estimate of drug-likeness (QED) is 0.404. The Morgan fingerprint density at radius 1 is 1.17 bits per heavy atom. The molecule has 1 fully saturated rings. The van der Waals surface area contributed by atoms with Crippen molar-refractivity contribution in [2.45, 2.75) is 65.5 Å². The maximum absolute atomic E-state index is 13.4. The lowest BCUT2D eigenvalue weighted by Crippen LogP contribution is -2.49. The van der Waals surface area contributed by atoms with Crippen LogP contribution in [0.2, 0.25) is 0 Å². The molecule has 9 heteroatoms. The summed E-state index contributed by atoms with van der Waals surface area (Å²) in [6.45, 7) is 7.99. The van der Waals surface area contributed by atoms with Gasteiger partial charge < -0.3 is 21.4 Å². The van der Waals surface area contributed by atoms with Crippen molar-refractivity contribution in [2.24, 2.45) is 11.8 Å². The number of hydrogen-bond acceptors (Lipinski definition) is 6. The van der Waals surface area contributed by atoms with E-state index in [0.717, 1.165) is 37.0 Å². The summed E-state index contributed by atoms with van der Waals surface area (Å²) in [6.07, 6.45) is 8.32. The van der Waals surface area contributed by atoms with Crippen LogP contribution in [0.1, 0.15) is 75.6 Å². The van der Waals surface area contributed by atoms with Crippen molar-refractivity contribution in [3.8, 4) is 0 Å². The van der Waals surface area contributed by atoms with E-state index in [4.69, 9.17) is 5.41 Å². The van der Waals surface area contributed by atoms with Gasteiger partial charge in [-0.3, -0.25) is 19.3 Å². The van der Waals surface area contributed by atoms with E-state index in [1.807, 2.05) is 20.8 Å². The first-order valence-electron chi connectivity index (χ1n) is 12.3. The molecule has 1 aliphatic carbocycles. The molecule has 2 aromatic heterocycles. The van der Waals surface area contributed by atoms with Gasteiger partial charge in [-0.15, -0.1) is 0 Å². The Labute approximate surface area is 207 Å². The molecule has 0 spiro atoms. The third-order valence-corrected chi connectivity index (χ3v) is 6.64. The largest absolute Gasteiger partial charge is 0.386 e. The Bertz CT molecular complexity index is 1060. The average Bonchev–Trinajstić information content (AvgIpc) is 3.35. The monoisotopic (exact) mass is 479 g/mol. The second kappa shape index (κ2) is 11.8. The third-order valence-electron chi connectivity index (χ3n) is 6.64. The zero-order valence-electron chi connectivity index (χ0n) is 21.3. The lowest BCUT2D eigenvalue weighted by Gasteiger charge is -2.32. The van der Waals surface area contributed by atoms with Gasteiger partial charge in [0, 0.05) is 25.5 Å². The van der Waals surface area contributed by atoms with Gasteiger partial charge in [0.25, 0.3) is 5.91 Å². The van der Waals surface area contributed by atoms with Crippen LogP contribution in [0.5, 0.6) is 0 Å². The molecule has 0 aromatic carbocycles. The molecular formula is C26H37N7O2. The Kier molecular flexibility index (Phi) is 8.78. The van der Waals surface area contributed by atoms with Crippen LogP contribution in [-0.2, 0) is 4.79 Å². The SMILES string of the molecule is CN/C(=C(/C)C=N)c1ccc(NC(=O)[C@@H](NC(=O)c2ccnn2C(C)C)C2CCC(C)CC2)cn1. The number of nitrogens with zero attached hydrogens (tertiary/aromatic N) is 3. The van der Waals surface area contributed by atoms with Crippen molar-refractivity contribution in [3.63, 3.8) is 0 Å². The minimum absolute atomic E-state index is 0.0333. The van der Waals surface area contributed by atoms with Crippen LogP contribution in [-0.4, -0.2) is 45.9 Å². The number of aromatic nitrogens is 3. The molecule has 2 aromatic rings. The fraction of sp³-hybridized carbons (Fsp3) is 0.500. The van der Waals surface area contributed by atoms with Gasteiger partial charge in [0.1, 0.15) is 11.7 Å². The predicted octanol–water partition coefficient (Wildman–Crippen LogP) is 4.02. The van der Waals surface area contributed by atoms with Gasteiger partial charge in [0.15, 0.2) is 0 Å². The number of pyridine rings is 1. The first-order valence-corrected chi connectivity index (χ1v) is 12.3. The molecular weight excluding hydrogens is 442 g/mol. The molecule has 0 bridgehead atoms. The molecule has 1 aliphatic rings. The van der Waals surface area contributed by atoms with Crippen LogP contribution in [0.4, 0.5) is 5.69 Å². The summed E-state index contributed by atoms with van der Waals surface area (Å²) < 4.78 is 1.67. The fourth-order valence-corrected chi connectivity index (χ4v) is 4.57. The van der Waals surface area contributed by atoms with Crippen molar-refractivity contribution < 1.29 is 9.59 Å². The molecule has 1 atom stereocenters. The van der Waals surface area contributed by atoms with Crippen LogP contribution in [0.15, 0.2) is 36.2 Å². The van der Waals surface area contributed by atoms with E-state index >= 15 is 0 Å². The van der Waals surface area contributed by atoms with E-state index < -0.39 is 6.04 Å². The first-order chi connectivity index (χ1) is 16.7. The molecule has 0 radical (unpaired) electrons. The highest BCUT2D eigenvalue weighted by atomic mass is 16.2. The summed E-state index contributed by atoms with van der Waals surface area (Å²) in [5.41, 5.74) is 3.19. The highest BCUT2D eigenvalue weighted by Crippen LogP contribution is 2.31. The summed E-state index contributed by atoms with van der Waals surface area (Å²) in [5, 5.41) is 20.7. The first kappa shape index (κ1) is 26.1. The molecule has 0 aliphatic heterocycles. The van der Waals surface area contributed by atoms with Gasteiger partial charge in [0.05, 0.1) is 23.3 Å². The summed E-state index contributed by atoms with van der Waals surface area (Å²) in [7, 11) is 1.78. The number of nitrogens with one attached hydrogen (secondary N) is 4. The Morgan fingerprint density at radius 3 is 2.46 bits per heavy atom. The molecule has 0 unspecified atom stereocenters. The van der Waals surface area contributed by atoms with E-state index in [1.165, 1.54) is 6.21 Å². The normalized spacial score (nSPS) is 19.5. The molecule has 188 valence electrons. The number of allylic oxidation sites excluding steroid dienone is 1. The van der Waals surface area contributed by atoms with Crippen LogP contribution in [0, 0.1) is 17.2 Å². The van der Waals surface area contributed by atoms with Crippen molar-refractivity contribution in [1.82, 2.24) is 25.4 Å². The molecule has 4 N–H and O–H groups in total. The number of rotatable bonds is 9. The highest BCUT2D eigenvalue weighted by Gasteiger charge is 2.33. The van der Waals surface area contributed by atoms with Crippen molar-refractivity contribution in [2.75, 3.05) is 12.4 Å². The Morgan fingerprint density at radius 2 is 1.89 bits per heavy atom. The minimum Gasteiger partial charge on any atom is -0.386 e. The predicted molar refractivity (Wildman–Crippen MR) is 138 cm³/mol. The van der Waals surface area contributed by atoms with Gasteiger partial charge in [-0.25, -0.2) is 0 Å². The van der Waals surface area contributed by atoms with Crippen LogP contribution >= 0.6 is 0 Å². The minimum atomic E-state index is -0.655. The highest BCUT2D eigenvalue weighted by molar-refractivity contribution is 6.00. The molecule has 1 saturated carbocycles. The molecule has 35 heavy (non-hydrogen) atoms. The third kappa shape index (κ3) is 6.35. The number of anilines is 1. The van der Waals surface area contributed by atoms with E-state index in [1.54, 1.807) is 42.3 Å². The maximum Gasteiger partial charge on any atom is 0.270 e. The van der Waals surface area contributed by atoms with Crippen molar-refractivity contribution in [3.05, 3.63) is 47.6 Å². The van der Waals surface area contributed by atoms with E-state index in [9.17, 15) is 9.59 Å². The lowest BCUT2D eigenvalue weighted by molar-refractivity contribution is -0.119. The van der Waals surface area contributed by atoms with Crippen LogP contribution in [0.25, 0.3) is 5.70 Å². The second-order valence-electron chi connectivity index (χ2n) is 9.60. The lowest BCUT2D eigenvalue weighted by atomic mass is 9.79. The maximum atomic E-state index is 13.4. The van der Waals surface area contributed by atoms with Gasteiger partial charge in [-0.2, -0.15) is 5.10 Å². The molecule has 2 amide bonds. The number of carbonyl (C=O) groups is 2.